The number of aryl methyl sites for hydroxylation is 2. The van der Waals surface area contributed by atoms with Crippen molar-refractivity contribution in [1.29, 1.82) is 0 Å². The number of aromatic carboxylic acids is 1. The molecule has 4 rings (SSSR count). The second-order valence-corrected chi connectivity index (χ2v) is 10.6. The molecule has 0 radical (unpaired) electrons. The van der Waals surface area contributed by atoms with Crippen LogP contribution < -0.4 is 4.72 Å². The van der Waals surface area contributed by atoms with Crippen LogP contribution in [0.2, 0.25) is 0 Å². The van der Waals surface area contributed by atoms with E-state index in [1.165, 1.54) is 6.07 Å². The number of carboxylic acid groups (broad SMARTS) is 1. The molecule has 3 aromatic carbocycles. The second kappa shape index (κ2) is 11.4. The number of benzene rings is 3. The van der Waals surface area contributed by atoms with Crippen LogP contribution in [-0.2, 0) is 23.0 Å². The first kappa shape index (κ1) is 26.8. The number of unbranched alkanes of at least 4 members (excludes halogenated alkanes) is 1. The largest absolute Gasteiger partial charge is 0.478 e. The highest BCUT2D eigenvalue weighted by Gasteiger charge is 2.23. The Bertz CT molecular complexity index is 1560. The van der Waals surface area contributed by atoms with Crippen molar-refractivity contribution in [1.82, 2.24) is 14.5 Å². The number of carboxylic acids is 1. The molecule has 4 aromatic rings. The summed E-state index contributed by atoms with van der Waals surface area (Å²) < 4.78 is 30.2. The van der Waals surface area contributed by atoms with E-state index >= 15 is 0 Å². The van der Waals surface area contributed by atoms with Crippen molar-refractivity contribution in [3.8, 4) is 11.1 Å². The van der Waals surface area contributed by atoms with E-state index in [-0.39, 0.29) is 16.0 Å². The van der Waals surface area contributed by atoms with Crippen molar-refractivity contribution in [2.45, 2.75) is 44.6 Å². The highest BCUT2D eigenvalue weighted by Crippen LogP contribution is 2.28. The number of hydrogen-bond donors (Lipinski definition) is 2. The van der Waals surface area contributed by atoms with Gasteiger partial charge in [0.2, 0.25) is 0 Å². The standard InChI is InChI=1S/C29H29N3O5S/c1-3-4-18-32-25(27(29(34)35)20(2)30-32)19-21-14-16-22(17-15-21)24-12-8-9-13-26(24)38(36,37)31-28(33)23-10-6-5-7-11-23/h5-17H,3-4,18-19H2,1-2H3,(H,31,33)(H,34,35). The van der Waals surface area contributed by atoms with Crippen LogP contribution in [0.4, 0.5) is 0 Å². The van der Waals surface area contributed by atoms with Crippen LogP contribution in [0.15, 0.2) is 83.8 Å². The molecule has 38 heavy (non-hydrogen) atoms. The van der Waals surface area contributed by atoms with E-state index in [9.17, 15) is 23.1 Å². The molecule has 0 atom stereocenters. The zero-order valence-electron chi connectivity index (χ0n) is 21.2. The van der Waals surface area contributed by atoms with Crippen molar-refractivity contribution in [3.63, 3.8) is 0 Å². The Balaban J connectivity index is 1.62. The molecule has 196 valence electrons. The van der Waals surface area contributed by atoms with Crippen LogP contribution in [0.25, 0.3) is 11.1 Å². The molecule has 9 heteroatoms. The van der Waals surface area contributed by atoms with Gasteiger partial charge in [-0.05, 0) is 42.7 Å². The Labute approximate surface area is 222 Å². The Hall–Kier alpha value is -4.24. The van der Waals surface area contributed by atoms with E-state index in [2.05, 4.69) is 16.7 Å². The zero-order chi connectivity index (χ0) is 27.3. The number of carbonyl (C=O) groups is 2. The smallest absolute Gasteiger partial charge is 0.339 e. The summed E-state index contributed by atoms with van der Waals surface area (Å²) in [6.45, 7) is 4.41. The summed E-state index contributed by atoms with van der Waals surface area (Å²) in [5.74, 6) is -1.71. The summed E-state index contributed by atoms with van der Waals surface area (Å²) in [6, 6.07) is 21.9. The van der Waals surface area contributed by atoms with Crippen LogP contribution in [0.1, 0.15) is 57.4 Å². The number of carbonyl (C=O) groups excluding carboxylic acids is 1. The van der Waals surface area contributed by atoms with Crippen LogP contribution in [0, 0.1) is 6.92 Å². The monoisotopic (exact) mass is 531 g/mol. The van der Waals surface area contributed by atoms with Gasteiger partial charge in [-0.25, -0.2) is 17.9 Å². The van der Waals surface area contributed by atoms with Gasteiger partial charge < -0.3 is 5.11 Å². The van der Waals surface area contributed by atoms with Crippen LogP contribution >= 0.6 is 0 Å². The summed E-state index contributed by atoms with van der Waals surface area (Å²) >= 11 is 0. The maximum atomic E-state index is 13.1. The molecule has 2 N–H and O–H groups in total. The number of nitrogens with one attached hydrogen (secondary N) is 1. The van der Waals surface area contributed by atoms with E-state index in [0.717, 1.165) is 18.4 Å². The predicted molar refractivity (Wildman–Crippen MR) is 145 cm³/mol. The lowest BCUT2D eigenvalue weighted by atomic mass is 10.0. The second-order valence-electron chi connectivity index (χ2n) is 8.96. The van der Waals surface area contributed by atoms with Gasteiger partial charge >= 0.3 is 5.97 Å². The van der Waals surface area contributed by atoms with Crippen molar-refractivity contribution < 1.29 is 23.1 Å². The molecule has 8 nitrogen and oxygen atoms in total. The third-order valence-electron chi connectivity index (χ3n) is 6.25. The SMILES string of the molecule is CCCCn1nc(C)c(C(=O)O)c1Cc1ccc(-c2ccccc2S(=O)(=O)NC(=O)c2ccccc2)cc1. The lowest BCUT2D eigenvalue weighted by Gasteiger charge is -2.13. The third kappa shape index (κ3) is 5.84. The maximum absolute atomic E-state index is 13.1. The molecule has 0 aliphatic rings. The molecule has 0 saturated heterocycles. The molecule has 0 bridgehead atoms. The normalized spacial score (nSPS) is 11.3. The van der Waals surface area contributed by atoms with Crippen LogP contribution in [-0.4, -0.2) is 35.2 Å². The molecule has 0 spiro atoms. The average molecular weight is 532 g/mol. The van der Waals surface area contributed by atoms with Gasteiger partial charge in [-0.1, -0.05) is 74.0 Å². The van der Waals surface area contributed by atoms with Crippen molar-refractivity contribution in [3.05, 3.63) is 107 Å². The Morgan fingerprint density at radius 3 is 2.26 bits per heavy atom. The van der Waals surface area contributed by atoms with Gasteiger partial charge in [-0.3, -0.25) is 9.48 Å². The molecule has 0 aliphatic heterocycles. The van der Waals surface area contributed by atoms with E-state index in [1.54, 1.807) is 72.3 Å². The molecule has 1 amide bonds. The summed E-state index contributed by atoms with van der Waals surface area (Å²) in [5.41, 5.74) is 3.55. The van der Waals surface area contributed by atoms with Crippen LogP contribution in [0.3, 0.4) is 0 Å². The molecule has 1 heterocycles. The first-order chi connectivity index (χ1) is 18.2. The third-order valence-corrected chi connectivity index (χ3v) is 7.64. The molecule has 0 fully saturated rings. The van der Waals surface area contributed by atoms with E-state index in [4.69, 9.17) is 0 Å². The minimum Gasteiger partial charge on any atom is -0.478 e. The fourth-order valence-electron chi connectivity index (χ4n) is 4.34. The number of sulfonamides is 1. The molecule has 0 saturated carbocycles. The lowest BCUT2D eigenvalue weighted by Crippen LogP contribution is -2.30. The Morgan fingerprint density at radius 1 is 0.947 bits per heavy atom. The Kier molecular flexibility index (Phi) is 8.07. The average Bonchev–Trinajstić information content (AvgIpc) is 3.22. The summed E-state index contributed by atoms with van der Waals surface area (Å²) in [5, 5.41) is 14.2. The summed E-state index contributed by atoms with van der Waals surface area (Å²) in [4.78, 5) is 24.4. The minimum atomic E-state index is -4.15. The van der Waals surface area contributed by atoms with Gasteiger partial charge in [0.1, 0.15) is 5.56 Å². The fourth-order valence-corrected chi connectivity index (χ4v) is 5.55. The predicted octanol–water partition coefficient (Wildman–Crippen LogP) is 5.07. The quantitative estimate of drug-likeness (QED) is 0.295. The number of hydrogen-bond acceptors (Lipinski definition) is 5. The summed E-state index contributed by atoms with van der Waals surface area (Å²) in [7, 11) is -4.15. The van der Waals surface area contributed by atoms with Crippen molar-refractivity contribution in [2.75, 3.05) is 0 Å². The maximum Gasteiger partial charge on any atom is 0.339 e. The van der Waals surface area contributed by atoms with Crippen LogP contribution in [0.5, 0.6) is 0 Å². The first-order valence-corrected chi connectivity index (χ1v) is 13.8. The van der Waals surface area contributed by atoms with Gasteiger partial charge in [-0.2, -0.15) is 5.10 Å². The number of rotatable bonds is 10. The van der Waals surface area contributed by atoms with Gasteiger partial charge in [0, 0.05) is 24.1 Å². The zero-order valence-corrected chi connectivity index (χ0v) is 22.0. The number of aromatic nitrogens is 2. The van der Waals surface area contributed by atoms with E-state index < -0.39 is 21.9 Å². The highest BCUT2D eigenvalue weighted by molar-refractivity contribution is 7.90. The van der Waals surface area contributed by atoms with Gasteiger partial charge in [0.05, 0.1) is 16.3 Å². The van der Waals surface area contributed by atoms with E-state index in [1.807, 2.05) is 12.1 Å². The molecule has 0 aliphatic carbocycles. The van der Waals surface area contributed by atoms with Crippen molar-refractivity contribution in [2.24, 2.45) is 0 Å². The van der Waals surface area contributed by atoms with Crippen molar-refractivity contribution >= 4 is 21.9 Å². The molecular formula is C29H29N3O5S. The lowest BCUT2D eigenvalue weighted by molar-refractivity contribution is 0.0694. The summed E-state index contributed by atoms with van der Waals surface area (Å²) in [6.07, 6.45) is 2.22. The van der Waals surface area contributed by atoms with E-state index in [0.29, 0.717) is 35.5 Å². The van der Waals surface area contributed by atoms with Gasteiger partial charge in [-0.15, -0.1) is 0 Å². The van der Waals surface area contributed by atoms with Gasteiger partial charge in [0.25, 0.3) is 15.9 Å². The number of amides is 1. The number of nitrogens with zero attached hydrogens (tertiary/aromatic N) is 2. The first-order valence-electron chi connectivity index (χ1n) is 12.3. The molecule has 1 aromatic heterocycles. The Morgan fingerprint density at radius 2 is 1.61 bits per heavy atom. The molecular weight excluding hydrogens is 502 g/mol. The minimum absolute atomic E-state index is 0.0153. The topological polar surface area (TPSA) is 118 Å². The molecule has 0 unspecified atom stereocenters. The fraction of sp³-hybridized carbons (Fsp3) is 0.207. The van der Waals surface area contributed by atoms with Gasteiger partial charge in [0.15, 0.2) is 0 Å². The highest BCUT2D eigenvalue weighted by atomic mass is 32.2.